The molecular weight excluding hydrogens is 350 g/mol. The van der Waals surface area contributed by atoms with Crippen LogP contribution < -0.4 is 10.6 Å². The Morgan fingerprint density at radius 1 is 1.27 bits per heavy atom. The number of guanidine groups is 1. The molecule has 2 aliphatic rings. The fourth-order valence-electron chi connectivity index (χ4n) is 3.46. The lowest BCUT2D eigenvalue weighted by molar-refractivity contribution is -0.186. The van der Waals surface area contributed by atoms with Gasteiger partial charge in [-0.3, -0.25) is 4.99 Å². The summed E-state index contributed by atoms with van der Waals surface area (Å²) >= 11 is 1.82. The predicted molar refractivity (Wildman–Crippen MR) is 106 cm³/mol. The van der Waals surface area contributed by atoms with E-state index in [-0.39, 0.29) is 11.9 Å². The van der Waals surface area contributed by atoms with E-state index >= 15 is 0 Å². The van der Waals surface area contributed by atoms with Crippen molar-refractivity contribution in [2.24, 2.45) is 4.99 Å². The Hall–Kier alpha value is -1.18. The third kappa shape index (κ3) is 5.93. The van der Waals surface area contributed by atoms with Crippen LogP contribution in [0.4, 0.5) is 0 Å². The summed E-state index contributed by atoms with van der Waals surface area (Å²) in [4.78, 5) is 4.72. The number of rotatable bonds is 8. The summed E-state index contributed by atoms with van der Waals surface area (Å²) in [6, 6.07) is 3.91. The van der Waals surface area contributed by atoms with Gasteiger partial charge in [0.25, 0.3) is 0 Å². The minimum Gasteiger partial charge on any atom is -0.469 e. The third-order valence-electron chi connectivity index (χ3n) is 4.82. The van der Waals surface area contributed by atoms with E-state index in [0.717, 1.165) is 49.8 Å². The van der Waals surface area contributed by atoms with Gasteiger partial charge in [-0.1, -0.05) is 6.42 Å². The molecule has 1 spiro atoms. The van der Waals surface area contributed by atoms with Gasteiger partial charge in [0.2, 0.25) is 0 Å². The zero-order chi connectivity index (χ0) is 18.1. The molecule has 1 unspecified atom stereocenters. The quantitative estimate of drug-likeness (QED) is 0.410. The van der Waals surface area contributed by atoms with Crippen LogP contribution in [0.5, 0.6) is 0 Å². The molecule has 0 aromatic carbocycles. The molecule has 1 aromatic heterocycles. The highest BCUT2D eigenvalue weighted by atomic mass is 32.2. The second-order valence-corrected chi connectivity index (χ2v) is 7.87. The van der Waals surface area contributed by atoms with Crippen LogP contribution in [0.15, 0.2) is 27.8 Å². The molecule has 7 heteroatoms. The van der Waals surface area contributed by atoms with Crippen LogP contribution in [0, 0.1) is 0 Å². The van der Waals surface area contributed by atoms with Gasteiger partial charge in [0, 0.05) is 38.1 Å². The Bertz CT molecular complexity index is 544. The van der Waals surface area contributed by atoms with Gasteiger partial charge in [-0.2, -0.15) is 11.8 Å². The molecule has 1 saturated heterocycles. The summed E-state index contributed by atoms with van der Waals surface area (Å²) in [5.41, 5.74) is 0. The smallest absolute Gasteiger partial charge is 0.191 e. The van der Waals surface area contributed by atoms with Gasteiger partial charge in [-0.05, 0) is 31.2 Å². The van der Waals surface area contributed by atoms with Gasteiger partial charge >= 0.3 is 0 Å². The first-order valence-corrected chi connectivity index (χ1v) is 11.0. The number of nitrogens with zero attached hydrogens (tertiary/aromatic N) is 1. The summed E-state index contributed by atoms with van der Waals surface area (Å²) in [5.74, 6) is 2.54. The number of hydrogen-bond acceptors (Lipinski definition) is 5. The fraction of sp³-hybridized carbons (Fsp3) is 0.737. The monoisotopic (exact) mass is 381 g/mol. The maximum Gasteiger partial charge on any atom is 0.191 e. The number of thioether (sulfide) groups is 1. The zero-order valence-corrected chi connectivity index (χ0v) is 16.5. The zero-order valence-electron chi connectivity index (χ0n) is 15.7. The molecule has 1 saturated carbocycles. The highest BCUT2D eigenvalue weighted by Gasteiger charge is 2.42. The fourth-order valence-corrected chi connectivity index (χ4v) is 3.76. The molecule has 1 atom stereocenters. The largest absolute Gasteiger partial charge is 0.469 e. The van der Waals surface area contributed by atoms with E-state index in [1.165, 1.54) is 19.3 Å². The van der Waals surface area contributed by atoms with Crippen LogP contribution in [0.1, 0.15) is 37.9 Å². The first-order chi connectivity index (χ1) is 12.8. The highest BCUT2D eigenvalue weighted by molar-refractivity contribution is 7.98. The molecule has 1 aromatic rings. The van der Waals surface area contributed by atoms with Crippen molar-refractivity contribution in [2.45, 2.75) is 50.4 Å². The number of furan rings is 1. The lowest BCUT2D eigenvalue weighted by Crippen LogP contribution is -2.40. The van der Waals surface area contributed by atoms with Crippen molar-refractivity contribution in [3.05, 3.63) is 24.2 Å². The van der Waals surface area contributed by atoms with Crippen molar-refractivity contribution < 1.29 is 13.9 Å². The Morgan fingerprint density at radius 2 is 2.12 bits per heavy atom. The SMILES string of the molecule is CSCCNC(=NCC1COC2(CCCCC2)O1)NCCc1ccco1. The van der Waals surface area contributed by atoms with Crippen LogP contribution in [-0.2, 0) is 15.9 Å². The van der Waals surface area contributed by atoms with Gasteiger partial charge in [-0.25, -0.2) is 0 Å². The Labute approximate surface area is 160 Å². The first-order valence-electron chi connectivity index (χ1n) is 9.65. The van der Waals surface area contributed by atoms with Crippen molar-refractivity contribution in [2.75, 3.05) is 38.2 Å². The van der Waals surface area contributed by atoms with Crippen molar-refractivity contribution in [1.29, 1.82) is 0 Å². The Morgan fingerprint density at radius 3 is 2.88 bits per heavy atom. The normalized spacial score (nSPS) is 22.7. The van der Waals surface area contributed by atoms with E-state index in [0.29, 0.717) is 13.2 Å². The van der Waals surface area contributed by atoms with Gasteiger partial charge in [0.15, 0.2) is 11.7 Å². The first kappa shape index (κ1) is 19.6. The van der Waals surface area contributed by atoms with E-state index in [4.69, 9.17) is 18.9 Å². The minimum absolute atomic E-state index is 0.0531. The highest BCUT2D eigenvalue weighted by Crippen LogP contribution is 2.37. The number of hydrogen-bond donors (Lipinski definition) is 2. The molecule has 6 nitrogen and oxygen atoms in total. The van der Waals surface area contributed by atoms with Crippen molar-refractivity contribution in [3.8, 4) is 0 Å². The van der Waals surface area contributed by atoms with Gasteiger partial charge in [0.05, 0.1) is 19.4 Å². The molecule has 1 aliphatic heterocycles. The van der Waals surface area contributed by atoms with E-state index < -0.39 is 0 Å². The predicted octanol–water partition coefficient (Wildman–Crippen LogP) is 2.80. The molecule has 0 amide bonds. The van der Waals surface area contributed by atoms with Crippen molar-refractivity contribution >= 4 is 17.7 Å². The van der Waals surface area contributed by atoms with Crippen molar-refractivity contribution in [3.63, 3.8) is 0 Å². The summed E-state index contributed by atoms with van der Waals surface area (Å²) in [5, 5.41) is 6.77. The third-order valence-corrected chi connectivity index (χ3v) is 5.44. The number of aliphatic imine (C=N–C) groups is 1. The Kier molecular flexibility index (Phi) is 7.70. The summed E-state index contributed by atoms with van der Waals surface area (Å²) in [7, 11) is 0. The van der Waals surface area contributed by atoms with Crippen molar-refractivity contribution in [1.82, 2.24) is 10.6 Å². The second-order valence-electron chi connectivity index (χ2n) is 6.89. The van der Waals surface area contributed by atoms with E-state index in [2.05, 4.69) is 16.9 Å². The maximum atomic E-state index is 6.23. The molecule has 3 rings (SSSR count). The molecule has 1 aliphatic carbocycles. The van der Waals surface area contributed by atoms with Gasteiger partial charge in [0.1, 0.15) is 11.9 Å². The minimum atomic E-state index is -0.322. The van der Waals surface area contributed by atoms with Crippen LogP contribution in [0.3, 0.4) is 0 Å². The average Bonchev–Trinajstić information content (AvgIpc) is 3.31. The lowest BCUT2D eigenvalue weighted by atomic mass is 9.94. The van der Waals surface area contributed by atoms with Crippen LogP contribution in [0.2, 0.25) is 0 Å². The average molecular weight is 382 g/mol. The maximum absolute atomic E-state index is 6.23. The Balaban J connectivity index is 1.46. The molecule has 2 heterocycles. The molecule has 2 fully saturated rings. The van der Waals surface area contributed by atoms with Crippen LogP contribution in [0.25, 0.3) is 0 Å². The van der Waals surface area contributed by atoms with E-state index in [9.17, 15) is 0 Å². The summed E-state index contributed by atoms with van der Waals surface area (Å²) in [6.45, 7) is 2.94. The number of ether oxygens (including phenoxy) is 2. The van der Waals surface area contributed by atoms with E-state index in [1.54, 1.807) is 6.26 Å². The summed E-state index contributed by atoms with van der Waals surface area (Å²) < 4.78 is 17.6. The second kappa shape index (κ2) is 10.2. The van der Waals surface area contributed by atoms with E-state index in [1.807, 2.05) is 23.9 Å². The van der Waals surface area contributed by atoms with Gasteiger partial charge < -0.3 is 24.5 Å². The summed E-state index contributed by atoms with van der Waals surface area (Å²) in [6.07, 6.45) is 10.4. The van der Waals surface area contributed by atoms with Crippen LogP contribution in [-0.4, -0.2) is 56.1 Å². The molecular formula is C19H31N3O3S. The van der Waals surface area contributed by atoms with Gasteiger partial charge in [-0.15, -0.1) is 0 Å². The molecule has 26 heavy (non-hydrogen) atoms. The molecule has 146 valence electrons. The molecule has 0 radical (unpaired) electrons. The lowest BCUT2D eigenvalue weighted by Gasteiger charge is -2.31. The van der Waals surface area contributed by atoms with Crippen LogP contribution >= 0.6 is 11.8 Å². The molecule has 0 bridgehead atoms. The number of nitrogens with one attached hydrogen (secondary N) is 2. The molecule has 2 N–H and O–H groups in total. The topological polar surface area (TPSA) is 68.0 Å². The standard InChI is InChI=1S/C19H31N3O3S/c1-26-13-11-21-18(20-10-7-16-6-5-12-23-16)22-14-17-15-24-19(25-17)8-3-2-4-9-19/h5-6,12,17H,2-4,7-11,13-15H2,1H3,(H2,20,21,22).